The molecular weight excluding hydrogens is 234 g/mol. The molecule has 3 N–H and O–H groups in total. The second kappa shape index (κ2) is 3.90. The Labute approximate surface area is 102 Å². The number of hydrogen-bond acceptors (Lipinski definition) is 5. The normalized spacial score (nSPS) is 11.2. The van der Waals surface area contributed by atoms with Crippen LogP contribution in [0.1, 0.15) is 11.3 Å². The third-order valence-corrected chi connectivity index (χ3v) is 3.80. The van der Waals surface area contributed by atoms with Gasteiger partial charge in [0.25, 0.3) is 0 Å². The van der Waals surface area contributed by atoms with Crippen molar-refractivity contribution in [2.24, 2.45) is 5.73 Å². The van der Waals surface area contributed by atoms with Gasteiger partial charge in [0.2, 0.25) is 0 Å². The van der Waals surface area contributed by atoms with E-state index in [9.17, 15) is 0 Å². The van der Waals surface area contributed by atoms with E-state index >= 15 is 0 Å². The van der Waals surface area contributed by atoms with Crippen LogP contribution in [0, 0.1) is 6.92 Å². The number of aromatic nitrogens is 4. The fourth-order valence-electron chi connectivity index (χ4n) is 1.79. The van der Waals surface area contributed by atoms with E-state index in [0.717, 1.165) is 31.9 Å². The lowest BCUT2D eigenvalue weighted by Gasteiger charge is -2.02. The summed E-state index contributed by atoms with van der Waals surface area (Å²) in [6.45, 7) is 2.48. The van der Waals surface area contributed by atoms with Gasteiger partial charge < -0.3 is 5.73 Å². The molecule has 0 aliphatic heterocycles. The van der Waals surface area contributed by atoms with Crippen molar-refractivity contribution in [1.82, 2.24) is 20.4 Å². The van der Waals surface area contributed by atoms with Gasteiger partial charge in [-0.15, -0.1) is 11.3 Å². The molecule has 3 heterocycles. The third kappa shape index (κ3) is 1.62. The lowest BCUT2D eigenvalue weighted by Crippen LogP contribution is -2.00. The lowest BCUT2D eigenvalue weighted by molar-refractivity contribution is 0.971. The maximum Gasteiger partial charge on any atom is 0.146 e. The van der Waals surface area contributed by atoms with Gasteiger partial charge in [0, 0.05) is 28.1 Å². The van der Waals surface area contributed by atoms with E-state index in [1.807, 2.05) is 6.92 Å². The smallest absolute Gasteiger partial charge is 0.146 e. The molecule has 3 aromatic heterocycles. The Morgan fingerprint density at radius 1 is 1.35 bits per heavy atom. The van der Waals surface area contributed by atoms with Crippen molar-refractivity contribution < 1.29 is 0 Å². The van der Waals surface area contributed by atoms with Gasteiger partial charge in [0.1, 0.15) is 4.83 Å². The predicted octanol–water partition coefficient (Wildman–Crippen LogP) is 1.85. The number of rotatable bonds is 2. The molecule has 5 nitrogen and oxygen atoms in total. The van der Waals surface area contributed by atoms with Crippen molar-refractivity contribution in [3.63, 3.8) is 0 Å². The number of aryl methyl sites for hydroxylation is 1. The average Bonchev–Trinajstić information content (AvgIpc) is 2.92. The van der Waals surface area contributed by atoms with Crippen LogP contribution in [0.25, 0.3) is 20.7 Å². The van der Waals surface area contributed by atoms with Gasteiger partial charge in [-0.2, -0.15) is 15.3 Å². The highest BCUT2D eigenvalue weighted by Crippen LogP contribution is 2.34. The number of hydrogen-bond donors (Lipinski definition) is 2. The van der Waals surface area contributed by atoms with E-state index in [4.69, 9.17) is 5.73 Å². The van der Waals surface area contributed by atoms with Crippen LogP contribution in [0.15, 0.2) is 18.5 Å². The van der Waals surface area contributed by atoms with E-state index in [-0.39, 0.29) is 0 Å². The van der Waals surface area contributed by atoms with Gasteiger partial charge in [-0.25, -0.2) is 0 Å². The van der Waals surface area contributed by atoms with Crippen molar-refractivity contribution in [3.05, 3.63) is 29.7 Å². The fourth-order valence-corrected chi connectivity index (χ4v) is 2.88. The second-order valence-corrected chi connectivity index (χ2v) is 4.84. The van der Waals surface area contributed by atoms with Crippen molar-refractivity contribution >= 4 is 21.6 Å². The minimum absolute atomic E-state index is 0.464. The minimum atomic E-state index is 0.464. The molecule has 0 radical (unpaired) electrons. The molecule has 0 spiro atoms. The topological polar surface area (TPSA) is 80.5 Å². The van der Waals surface area contributed by atoms with E-state index in [0.29, 0.717) is 6.54 Å². The first kappa shape index (κ1) is 10.4. The van der Waals surface area contributed by atoms with Gasteiger partial charge in [0.15, 0.2) is 0 Å². The van der Waals surface area contributed by atoms with E-state index in [2.05, 4.69) is 26.5 Å². The monoisotopic (exact) mass is 245 g/mol. The van der Waals surface area contributed by atoms with Crippen molar-refractivity contribution in [2.75, 3.05) is 0 Å². The molecule has 0 aromatic carbocycles. The summed E-state index contributed by atoms with van der Waals surface area (Å²) in [5, 5.41) is 16.1. The summed E-state index contributed by atoms with van der Waals surface area (Å²) in [6.07, 6.45) is 3.47. The molecule has 86 valence electrons. The first-order valence-corrected chi connectivity index (χ1v) is 6.05. The van der Waals surface area contributed by atoms with Crippen LogP contribution in [0.3, 0.4) is 0 Å². The Balaban J connectivity index is 2.20. The Morgan fingerprint density at radius 2 is 2.18 bits per heavy atom. The van der Waals surface area contributed by atoms with Crippen LogP contribution in [0.4, 0.5) is 0 Å². The molecule has 17 heavy (non-hydrogen) atoms. The highest BCUT2D eigenvalue weighted by atomic mass is 32.1. The maximum atomic E-state index is 5.70. The highest BCUT2D eigenvalue weighted by Gasteiger charge is 2.11. The Morgan fingerprint density at radius 3 is 2.94 bits per heavy atom. The van der Waals surface area contributed by atoms with Gasteiger partial charge >= 0.3 is 0 Å². The molecule has 3 rings (SSSR count). The zero-order valence-corrected chi connectivity index (χ0v) is 10.1. The molecule has 0 aliphatic rings. The summed E-state index contributed by atoms with van der Waals surface area (Å²) in [5.41, 5.74) is 8.84. The number of nitrogens with two attached hydrogens (primary N) is 1. The molecule has 3 aromatic rings. The van der Waals surface area contributed by atoms with Crippen LogP contribution < -0.4 is 5.73 Å². The zero-order chi connectivity index (χ0) is 11.8. The molecule has 0 fully saturated rings. The van der Waals surface area contributed by atoms with Crippen LogP contribution in [0.2, 0.25) is 0 Å². The Kier molecular flexibility index (Phi) is 2.38. The van der Waals surface area contributed by atoms with Gasteiger partial charge in [-0.1, -0.05) is 0 Å². The first-order chi connectivity index (χ1) is 8.29. The highest BCUT2D eigenvalue weighted by molar-refractivity contribution is 7.21. The largest absolute Gasteiger partial charge is 0.326 e. The van der Waals surface area contributed by atoms with Gasteiger partial charge in [0.05, 0.1) is 12.4 Å². The molecule has 0 saturated heterocycles. The van der Waals surface area contributed by atoms with Crippen LogP contribution in [0.5, 0.6) is 0 Å². The molecule has 0 atom stereocenters. The summed E-state index contributed by atoms with van der Waals surface area (Å²) in [4.78, 5) is 2.15. The average molecular weight is 245 g/mol. The summed E-state index contributed by atoms with van der Waals surface area (Å²) in [5.74, 6) is 0. The Bertz CT molecular complexity index is 669. The molecule has 0 unspecified atom stereocenters. The number of aromatic amines is 1. The minimum Gasteiger partial charge on any atom is -0.326 e. The molecule has 0 aliphatic carbocycles. The van der Waals surface area contributed by atoms with E-state index in [1.54, 1.807) is 23.7 Å². The maximum absolute atomic E-state index is 5.70. The van der Waals surface area contributed by atoms with Crippen molar-refractivity contribution in [1.29, 1.82) is 0 Å². The number of nitrogens with zero attached hydrogens (tertiary/aromatic N) is 3. The summed E-state index contributed by atoms with van der Waals surface area (Å²) in [6, 6.07) is 2.12. The molecule has 0 bridgehead atoms. The van der Waals surface area contributed by atoms with Gasteiger partial charge in [-0.05, 0) is 18.6 Å². The number of H-pyrrole nitrogens is 1. The number of fused-ring (bicyclic) bond motifs is 1. The van der Waals surface area contributed by atoms with Crippen LogP contribution >= 0.6 is 11.3 Å². The standard InChI is InChI=1S/C11H11N5S/c1-6-8-2-10(17-11(8)16-15-6)9-5-14-13-4-7(9)3-12/h2,4-5H,3,12H2,1H3,(H,15,16). The zero-order valence-electron chi connectivity index (χ0n) is 9.27. The molecule has 0 saturated carbocycles. The molecule has 0 amide bonds. The predicted molar refractivity (Wildman–Crippen MR) is 67.6 cm³/mol. The quantitative estimate of drug-likeness (QED) is 0.722. The van der Waals surface area contributed by atoms with Crippen molar-refractivity contribution in [2.45, 2.75) is 13.5 Å². The second-order valence-electron chi connectivity index (χ2n) is 3.81. The lowest BCUT2D eigenvalue weighted by atomic mass is 10.1. The summed E-state index contributed by atoms with van der Waals surface area (Å²) in [7, 11) is 0. The van der Waals surface area contributed by atoms with E-state index < -0.39 is 0 Å². The van der Waals surface area contributed by atoms with Crippen LogP contribution in [-0.4, -0.2) is 20.4 Å². The number of nitrogens with one attached hydrogen (secondary N) is 1. The number of thiophene rings is 1. The molecular formula is C11H11N5S. The molecule has 6 heteroatoms. The van der Waals surface area contributed by atoms with Crippen LogP contribution in [-0.2, 0) is 6.54 Å². The Hall–Kier alpha value is -1.79. The van der Waals surface area contributed by atoms with Gasteiger partial charge in [-0.3, -0.25) is 5.10 Å². The first-order valence-electron chi connectivity index (χ1n) is 5.24. The third-order valence-electron chi connectivity index (χ3n) is 2.74. The summed E-state index contributed by atoms with van der Waals surface area (Å²) >= 11 is 1.64. The van der Waals surface area contributed by atoms with E-state index in [1.165, 1.54) is 0 Å². The summed E-state index contributed by atoms with van der Waals surface area (Å²) < 4.78 is 0. The van der Waals surface area contributed by atoms with Crippen molar-refractivity contribution in [3.8, 4) is 10.4 Å². The fraction of sp³-hybridized carbons (Fsp3) is 0.182. The SMILES string of the molecule is Cc1[nH]nc2sc(-c3cnncc3CN)cc12.